The first-order chi connectivity index (χ1) is 11.2. The minimum Gasteiger partial charge on any atom is -0.479 e. The van der Waals surface area contributed by atoms with Crippen LogP contribution in [0.3, 0.4) is 0 Å². The molecule has 0 saturated carbocycles. The molecule has 0 saturated heterocycles. The second kappa shape index (κ2) is 6.37. The molecule has 1 heterocycles. The minimum atomic E-state index is -0.0707. The number of aryl methyl sites for hydroxylation is 1. The van der Waals surface area contributed by atoms with Crippen LogP contribution in [0.25, 0.3) is 11.0 Å². The van der Waals surface area contributed by atoms with Crippen LogP contribution in [-0.4, -0.2) is 12.4 Å². The van der Waals surface area contributed by atoms with Crippen molar-refractivity contribution < 1.29 is 13.9 Å². The van der Waals surface area contributed by atoms with E-state index in [2.05, 4.69) is 0 Å². The van der Waals surface area contributed by atoms with Gasteiger partial charge >= 0.3 is 0 Å². The third-order valence-electron chi connectivity index (χ3n) is 3.64. The van der Waals surface area contributed by atoms with Crippen molar-refractivity contribution in [1.29, 1.82) is 5.26 Å². The molecule has 0 amide bonds. The van der Waals surface area contributed by atoms with E-state index in [9.17, 15) is 4.79 Å². The number of furan rings is 1. The molecule has 2 aromatic carbocycles. The van der Waals surface area contributed by atoms with E-state index in [1.165, 1.54) is 0 Å². The van der Waals surface area contributed by atoms with Crippen LogP contribution in [0.15, 0.2) is 52.9 Å². The molecule has 0 N–H and O–H groups in total. The zero-order valence-corrected chi connectivity index (χ0v) is 12.7. The van der Waals surface area contributed by atoms with Gasteiger partial charge in [-0.3, -0.25) is 4.79 Å². The van der Waals surface area contributed by atoms with Gasteiger partial charge in [-0.15, -0.1) is 0 Å². The number of ketones is 1. The van der Waals surface area contributed by atoms with Gasteiger partial charge in [-0.2, -0.15) is 5.26 Å². The Bertz CT molecular complexity index is 885. The van der Waals surface area contributed by atoms with Gasteiger partial charge in [0.05, 0.1) is 5.56 Å². The Labute approximate surface area is 133 Å². The fourth-order valence-electron chi connectivity index (χ4n) is 2.56. The summed E-state index contributed by atoms with van der Waals surface area (Å²) in [5.41, 5.74) is 1.91. The summed E-state index contributed by atoms with van der Waals surface area (Å²) < 4.78 is 11.0. The molecule has 4 nitrogen and oxygen atoms in total. The van der Waals surface area contributed by atoms with Crippen molar-refractivity contribution in [2.24, 2.45) is 0 Å². The van der Waals surface area contributed by atoms with Crippen molar-refractivity contribution in [3.05, 3.63) is 65.4 Å². The fraction of sp³-hybridized carbons (Fsp3) is 0.158. The molecule has 23 heavy (non-hydrogen) atoms. The molecule has 0 spiro atoms. The summed E-state index contributed by atoms with van der Waals surface area (Å²) in [4.78, 5) is 12.9. The lowest BCUT2D eigenvalue weighted by atomic mass is 9.99. The van der Waals surface area contributed by atoms with E-state index in [-0.39, 0.29) is 12.4 Å². The Hall–Kier alpha value is -3.06. The Morgan fingerprint density at radius 3 is 2.61 bits per heavy atom. The van der Waals surface area contributed by atoms with Gasteiger partial charge in [0.15, 0.2) is 12.4 Å². The number of ether oxygens (including phenoxy) is 1. The summed E-state index contributed by atoms with van der Waals surface area (Å²) in [5.74, 6) is 1.19. The monoisotopic (exact) mass is 305 g/mol. The maximum absolute atomic E-state index is 12.9. The van der Waals surface area contributed by atoms with Crippen LogP contribution < -0.4 is 4.74 Å². The van der Waals surface area contributed by atoms with E-state index in [1.807, 2.05) is 37.3 Å². The van der Waals surface area contributed by atoms with E-state index >= 15 is 0 Å². The van der Waals surface area contributed by atoms with Crippen molar-refractivity contribution in [2.45, 2.75) is 13.3 Å². The summed E-state index contributed by atoms with van der Waals surface area (Å²) in [7, 11) is 0. The molecule has 4 heteroatoms. The van der Waals surface area contributed by atoms with Crippen LogP contribution in [0.2, 0.25) is 0 Å². The quantitative estimate of drug-likeness (QED) is 0.665. The van der Waals surface area contributed by atoms with Gasteiger partial charge in [-0.05, 0) is 30.3 Å². The summed E-state index contributed by atoms with van der Waals surface area (Å²) in [6, 6.07) is 16.3. The van der Waals surface area contributed by atoms with E-state index in [0.29, 0.717) is 29.1 Å². The zero-order valence-electron chi connectivity index (χ0n) is 12.7. The van der Waals surface area contributed by atoms with Crippen LogP contribution in [0.4, 0.5) is 0 Å². The predicted octanol–water partition coefficient (Wildman–Crippen LogP) is 4.13. The molecular formula is C19H15NO3. The molecule has 0 fully saturated rings. The summed E-state index contributed by atoms with van der Waals surface area (Å²) in [6.07, 6.45) is 0.652. The number of carbonyl (C=O) groups excluding carboxylic acids is 1. The van der Waals surface area contributed by atoms with E-state index < -0.39 is 0 Å². The van der Waals surface area contributed by atoms with Crippen molar-refractivity contribution in [2.75, 3.05) is 6.61 Å². The van der Waals surface area contributed by atoms with Gasteiger partial charge in [-0.25, -0.2) is 0 Å². The molecule has 0 atom stereocenters. The van der Waals surface area contributed by atoms with Gasteiger partial charge in [0.1, 0.15) is 23.2 Å². The lowest BCUT2D eigenvalue weighted by molar-refractivity contribution is 0.103. The van der Waals surface area contributed by atoms with Crippen LogP contribution in [0.5, 0.6) is 5.75 Å². The van der Waals surface area contributed by atoms with Crippen LogP contribution in [0.1, 0.15) is 28.6 Å². The second-order valence-corrected chi connectivity index (χ2v) is 5.05. The molecule has 0 unspecified atom stereocenters. The third kappa shape index (κ3) is 2.82. The Morgan fingerprint density at radius 2 is 1.91 bits per heavy atom. The summed E-state index contributed by atoms with van der Waals surface area (Å²) >= 11 is 0. The maximum Gasteiger partial charge on any atom is 0.197 e. The van der Waals surface area contributed by atoms with Crippen LogP contribution in [0, 0.1) is 11.3 Å². The standard InChI is InChI=1S/C19H15NO3/c1-2-16-18(15-5-3-4-6-17(15)23-16)19(21)13-7-9-14(10-8-13)22-12-11-20/h3-10H,2,12H2,1H3. The van der Waals surface area contributed by atoms with Gasteiger partial charge in [0.2, 0.25) is 0 Å². The summed E-state index contributed by atoms with van der Waals surface area (Å²) in [5, 5.41) is 9.35. The molecule has 0 aliphatic carbocycles. The molecule has 3 rings (SSSR count). The maximum atomic E-state index is 12.9. The highest BCUT2D eigenvalue weighted by Crippen LogP contribution is 2.29. The van der Waals surface area contributed by atoms with Gasteiger partial charge in [0, 0.05) is 17.4 Å². The average Bonchev–Trinajstić information content (AvgIpc) is 2.98. The lowest BCUT2D eigenvalue weighted by Crippen LogP contribution is -2.03. The first-order valence-electron chi connectivity index (χ1n) is 7.39. The summed E-state index contributed by atoms with van der Waals surface area (Å²) in [6.45, 7) is 1.95. The number of para-hydroxylation sites is 1. The fourth-order valence-corrected chi connectivity index (χ4v) is 2.56. The highest BCUT2D eigenvalue weighted by atomic mass is 16.5. The van der Waals surface area contributed by atoms with E-state index in [0.717, 1.165) is 11.0 Å². The number of benzene rings is 2. The SMILES string of the molecule is CCc1oc2ccccc2c1C(=O)c1ccc(OCC#N)cc1. The van der Waals surface area contributed by atoms with Crippen molar-refractivity contribution in [3.8, 4) is 11.8 Å². The van der Waals surface area contributed by atoms with E-state index in [4.69, 9.17) is 14.4 Å². The smallest absolute Gasteiger partial charge is 0.197 e. The number of hydrogen-bond donors (Lipinski definition) is 0. The van der Waals surface area contributed by atoms with Crippen molar-refractivity contribution >= 4 is 16.8 Å². The number of hydrogen-bond acceptors (Lipinski definition) is 4. The zero-order chi connectivity index (χ0) is 16.2. The third-order valence-corrected chi connectivity index (χ3v) is 3.64. The number of fused-ring (bicyclic) bond motifs is 1. The molecule has 3 aromatic rings. The Morgan fingerprint density at radius 1 is 1.17 bits per heavy atom. The van der Waals surface area contributed by atoms with Crippen molar-refractivity contribution in [3.63, 3.8) is 0 Å². The highest BCUT2D eigenvalue weighted by Gasteiger charge is 2.20. The molecule has 114 valence electrons. The first kappa shape index (κ1) is 14.9. The van der Waals surface area contributed by atoms with Crippen LogP contribution in [-0.2, 0) is 6.42 Å². The van der Waals surface area contributed by atoms with E-state index in [1.54, 1.807) is 24.3 Å². The molecule has 0 aliphatic rings. The number of nitriles is 1. The van der Waals surface area contributed by atoms with Gasteiger partial charge in [0.25, 0.3) is 0 Å². The number of carbonyl (C=O) groups is 1. The second-order valence-electron chi connectivity index (χ2n) is 5.05. The normalized spacial score (nSPS) is 10.4. The predicted molar refractivity (Wildman–Crippen MR) is 86.6 cm³/mol. The minimum absolute atomic E-state index is 0.0142. The topological polar surface area (TPSA) is 63.2 Å². The first-order valence-corrected chi connectivity index (χ1v) is 7.39. The molecule has 0 aliphatic heterocycles. The number of rotatable bonds is 5. The molecular weight excluding hydrogens is 290 g/mol. The molecule has 0 bridgehead atoms. The lowest BCUT2D eigenvalue weighted by Gasteiger charge is -2.04. The highest BCUT2D eigenvalue weighted by molar-refractivity contribution is 6.16. The number of nitrogens with zero attached hydrogens (tertiary/aromatic N) is 1. The molecule has 1 aromatic heterocycles. The Kier molecular flexibility index (Phi) is 4.11. The van der Waals surface area contributed by atoms with Crippen LogP contribution >= 0.6 is 0 Å². The van der Waals surface area contributed by atoms with Crippen molar-refractivity contribution in [1.82, 2.24) is 0 Å². The molecule has 0 radical (unpaired) electrons. The average molecular weight is 305 g/mol. The van der Waals surface area contributed by atoms with Gasteiger partial charge < -0.3 is 9.15 Å². The van der Waals surface area contributed by atoms with Gasteiger partial charge in [-0.1, -0.05) is 25.1 Å². The largest absolute Gasteiger partial charge is 0.479 e. The Balaban J connectivity index is 1.99.